The maximum Gasteiger partial charge on any atom is 0.296 e. The van der Waals surface area contributed by atoms with Crippen LogP contribution in [0.5, 0.6) is 0 Å². The van der Waals surface area contributed by atoms with Crippen LogP contribution in [0.3, 0.4) is 0 Å². The molecule has 0 unspecified atom stereocenters. The SMILES string of the molecule is CCCC(C)(C)Nc1nc2ccc(N)cc2o1. The number of fused-ring (bicyclic) bond motifs is 1. The second-order valence-corrected chi connectivity index (χ2v) is 5.01. The van der Waals surface area contributed by atoms with Crippen LogP contribution in [-0.4, -0.2) is 10.5 Å². The zero-order chi connectivity index (χ0) is 12.5. The largest absolute Gasteiger partial charge is 0.423 e. The number of hydrogen-bond donors (Lipinski definition) is 2. The van der Waals surface area contributed by atoms with Gasteiger partial charge in [-0.2, -0.15) is 4.98 Å². The average Bonchev–Trinajstić information content (AvgIpc) is 2.57. The van der Waals surface area contributed by atoms with Crippen LogP contribution in [0.15, 0.2) is 22.6 Å². The Bertz CT molecular complexity index is 516. The Morgan fingerprint density at radius 2 is 2.18 bits per heavy atom. The first-order valence-electron chi connectivity index (χ1n) is 5.94. The molecule has 92 valence electrons. The number of aromatic nitrogens is 1. The molecule has 0 saturated carbocycles. The molecule has 0 aliphatic heterocycles. The lowest BCUT2D eigenvalue weighted by atomic mass is 9.99. The summed E-state index contributed by atoms with van der Waals surface area (Å²) >= 11 is 0. The Balaban J connectivity index is 2.25. The van der Waals surface area contributed by atoms with E-state index in [1.165, 1.54) is 0 Å². The zero-order valence-electron chi connectivity index (χ0n) is 10.6. The summed E-state index contributed by atoms with van der Waals surface area (Å²) < 4.78 is 5.63. The van der Waals surface area contributed by atoms with Gasteiger partial charge < -0.3 is 15.5 Å². The van der Waals surface area contributed by atoms with Crippen LogP contribution < -0.4 is 11.1 Å². The Labute approximate surface area is 101 Å². The van der Waals surface area contributed by atoms with Crippen molar-refractivity contribution in [2.75, 3.05) is 11.1 Å². The minimum Gasteiger partial charge on any atom is -0.423 e. The summed E-state index contributed by atoms with van der Waals surface area (Å²) in [4.78, 5) is 4.39. The molecule has 0 bridgehead atoms. The highest BCUT2D eigenvalue weighted by molar-refractivity contribution is 5.78. The standard InChI is InChI=1S/C13H19N3O/c1-4-7-13(2,3)16-12-15-10-6-5-9(14)8-11(10)17-12/h5-6,8H,4,7,14H2,1-3H3,(H,15,16). The fourth-order valence-electron chi connectivity index (χ4n) is 1.97. The number of rotatable bonds is 4. The summed E-state index contributed by atoms with van der Waals surface area (Å²) in [7, 11) is 0. The van der Waals surface area contributed by atoms with Crippen molar-refractivity contribution in [2.24, 2.45) is 0 Å². The van der Waals surface area contributed by atoms with Gasteiger partial charge in [0.25, 0.3) is 6.01 Å². The lowest BCUT2D eigenvalue weighted by Crippen LogP contribution is -2.30. The first kappa shape index (κ1) is 11.8. The molecule has 0 atom stereocenters. The maximum absolute atomic E-state index is 5.70. The predicted octanol–water partition coefficient (Wildman–Crippen LogP) is 3.40. The molecular weight excluding hydrogens is 214 g/mol. The first-order chi connectivity index (χ1) is 8.00. The second-order valence-electron chi connectivity index (χ2n) is 5.01. The molecule has 0 aliphatic carbocycles. The molecule has 1 aromatic carbocycles. The van der Waals surface area contributed by atoms with Crippen LogP contribution in [0.1, 0.15) is 33.6 Å². The molecule has 3 N–H and O–H groups in total. The van der Waals surface area contributed by atoms with Gasteiger partial charge in [-0.3, -0.25) is 0 Å². The molecule has 2 rings (SSSR count). The number of benzene rings is 1. The van der Waals surface area contributed by atoms with Crippen LogP contribution in [0.4, 0.5) is 11.7 Å². The number of hydrogen-bond acceptors (Lipinski definition) is 4. The Morgan fingerprint density at radius 3 is 2.88 bits per heavy atom. The third kappa shape index (κ3) is 2.70. The molecule has 4 nitrogen and oxygen atoms in total. The van der Waals surface area contributed by atoms with Crippen LogP contribution in [0.2, 0.25) is 0 Å². The highest BCUT2D eigenvalue weighted by Crippen LogP contribution is 2.24. The third-order valence-electron chi connectivity index (χ3n) is 2.73. The Kier molecular flexibility index (Phi) is 2.96. The van der Waals surface area contributed by atoms with Gasteiger partial charge >= 0.3 is 0 Å². The number of nitrogens with one attached hydrogen (secondary N) is 1. The monoisotopic (exact) mass is 233 g/mol. The minimum absolute atomic E-state index is 0.0127. The van der Waals surface area contributed by atoms with E-state index in [2.05, 4.69) is 31.1 Å². The molecule has 0 amide bonds. The minimum atomic E-state index is -0.0127. The maximum atomic E-state index is 5.70. The summed E-state index contributed by atoms with van der Waals surface area (Å²) in [6, 6.07) is 6.04. The molecule has 0 radical (unpaired) electrons. The third-order valence-corrected chi connectivity index (χ3v) is 2.73. The molecule has 2 aromatic rings. The van der Waals surface area contributed by atoms with Crippen molar-refractivity contribution in [3.05, 3.63) is 18.2 Å². The van der Waals surface area contributed by atoms with Crippen LogP contribution >= 0.6 is 0 Å². The van der Waals surface area contributed by atoms with Gasteiger partial charge in [-0.15, -0.1) is 0 Å². The van der Waals surface area contributed by atoms with E-state index in [-0.39, 0.29) is 5.54 Å². The van der Waals surface area contributed by atoms with Gasteiger partial charge in [0.05, 0.1) is 0 Å². The first-order valence-corrected chi connectivity index (χ1v) is 5.94. The Hall–Kier alpha value is -1.71. The normalized spacial score (nSPS) is 11.9. The van der Waals surface area contributed by atoms with E-state index >= 15 is 0 Å². The van der Waals surface area contributed by atoms with E-state index in [1.54, 1.807) is 6.07 Å². The number of nitrogens with zero attached hydrogens (tertiary/aromatic N) is 1. The van der Waals surface area contributed by atoms with E-state index in [0.717, 1.165) is 23.9 Å². The molecule has 4 heteroatoms. The van der Waals surface area contributed by atoms with Crippen molar-refractivity contribution >= 4 is 22.8 Å². The fraction of sp³-hybridized carbons (Fsp3) is 0.462. The lowest BCUT2D eigenvalue weighted by molar-refractivity contribution is 0.483. The smallest absolute Gasteiger partial charge is 0.296 e. The Morgan fingerprint density at radius 1 is 1.41 bits per heavy atom. The topological polar surface area (TPSA) is 64.1 Å². The molecule has 17 heavy (non-hydrogen) atoms. The molecule has 1 aromatic heterocycles. The van der Waals surface area contributed by atoms with Crippen molar-refractivity contribution in [3.63, 3.8) is 0 Å². The van der Waals surface area contributed by atoms with E-state index in [0.29, 0.717) is 11.7 Å². The quantitative estimate of drug-likeness (QED) is 0.794. The van der Waals surface area contributed by atoms with Gasteiger partial charge in [0, 0.05) is 17.3 Å². The van der Waals surface area contributed by atoms with E-state index in [4.69, 9.17) is 10.2 Å². The van der Waals surface area contributed by atoms with Gasteiger partial charge in [-0.1, -0.05) is 13.3 Å². The average molecular weight is 233 g/mol. The molecule has 0 fully saturated rings. The summed E-state index contributed by atoms with van der Waals surface area (Å²) in [5.41, 5.74) is 7.92. The number of nitrogens with two attached hydrogens (primary N) is 1. The molecule has 0 saturated heterocycles. The molecule has 0 spiro atoms. The molecule has 1 heterocycles. The van der Waals surface area contributed by atoms with Crippen molar-refractivity contribution in [2.45, 2.75) is 39.2 Å². The molecular formula is C13H19N3O. The number of oxazole rings is 1. The van der Waals surface area contributed by atoms with Gasteiger partial charge in [0.2, 0.25) is 0 Å². The van der Waals surface area contributed by atoms with Crippen LogP contribution in [0, 0.1) is 0 Å². The van der Waals surface area contributed by atoms with Crippen LogP contribution in [-0.2, 0) is 0 Å². The highest BCUT2D eigenvalue weighted by Gasteiger charge is 2.19. The van der Waals surface area contributed by atoms with Gasteiger partial charge in [0.15, 0.2) is 5.58 Å². The van der Waals surface area contributed by atoms with Crippen LogP contribution in [0.25, 0.3) is 11.1 Å². The van der Waals surface area contributed by atoms with Crippen molar-refractivity contribution in [3.8, 4) is 0 Å². The lowest BCUT2D eigenvalue weighted by Gasteiger charge is -2.24. The summed E-state index contributed by atoms with van der Waals surface area (Å²) in [5, 5.41) is 3.31. The van der Waals surface area contributed by atoms with Gasteiger partial charge in [0.1, 0.15) is 5.52 Å². The summed E-state index contributed by atoms with van der Waals surface area (Å²) in [6.45, 7) is 6.44. The second kappa shape index (κ2) is 4.28. The van der Waals surface area contributed by atoms with Crippen molar-refractivity contribution in [1.82, 2.24) is 4.98 Å². The van der Waals surface area contributed by atoms with Gasteiger partial charge in [-0.25, -0.2) is 0 Å². The predicted molar refractivity (Wildman–Crippen MR) is 71.0 cm³/mol. The zero-order valence-corrected chi connectivity index (χ0v) is 10.6. The summed E-state index contributed by atoms with van der Waals surface area (Å²) in [5.74, 6) is 0. The molecule has 0 aliphatic rings. The van der Waals surface area contributed by atoms with E-state index in [1.807, 2.05) is 12.1 Å². The van der Waals surface area contributed by atoms with E-state index in [9.17, 15) is 0 Å². The van der Waals surface area contributed by atoms with Gasteiger partial charge in [-0.05, 0) is 32.4 Å². The summed E-state index contributed by atoms with van der Waals surface area (Å²) in [6.07, 6.45) is 2.18. The highest BCUT2D eigenvalue weighted by atomic mass is 16.4. The van der Waals surface area contributed by atoms with E-state index < -0.39 is 0 Å². The number of nitrogen functional groups attached to an aromatic ring is 1. The van der Waals surface area contributed by atoms with Crippen molar-refractivity contribution < 1.29 is 4.42 Å². The van der Waals surface area contributed by atoms with Crippen molar-refractivity contribution in [1.29, 1.82) is 0 Å². The fourth-order valence-corrected chi connectivity index (χ4v) is 1.97. The number of anilines is 2.